The van der Waals surface area contributed by atoms with Gasteiger partial charge in [0.15, 0.2) is 16.0 Å². The number of rotatable bonds is 12. The number of anilines is 1. The number of ether oxygens (including phenoxy) is 3. The van der Waals surface area contributed by atoms with Gasteiger partial charge in [-0.2, -0.15) is 5.10 Å². The zero-order valence-corrected chi connectivity index (χ0v) is 23.9. The third-order valence-electron chi connectivity index (χ3n) is 6.65. The van der Waals surface area contributed by atoms with Crippen molar-refractivity contribution < 1.29 is 28.0 Å². The van der Waals surface area contributed by atoms with Gasteiger partial charge in [0, 0.05) is 58.2 Å². The Bertz CT molecular complexity index is 1390. The van der Waals surface area contributed by atoms with E-state index in [-0.39, 0.29) is 16.6 Å². The second-order valence-corrected chi connectivity index (χ2v) is 10.3. The molecule has 2 N–H and O–H groups in total. The van der Waals surface area contributed by atoms with Crippen LogP contribution in [0, 0.1) is 0 Å². The van der Waals surface area contributed by atoms with Gasteiger partial charge in [0.2, 0.25) is 5.88 Å². The molecule has 3 amide bonds. The number of nitrogens with zero attached hydrogens (tertiary/aromatic N) is 4. The summed E-state index contributed by atoms with van der Waals surface area (Å²) in [5, 5.41) is 7.19. The minimum atomic E-state index is -2.02. The second kappa shape index (κ2) is 13.5. The Balaban J connectivity index is 1.52. The molecular formula is C27H34N6O6S. The first-order valence-electron chi connectivity index (χ1n) is 12.8. The average Bonchev–Trinajstić information content (AvgIpc) is 3.60. The van der Waals surface area contributed by atoms with E-state index in [1.165, 1.54) is 16.3 Å². The fourth-order valence-corrected chi connectivity index (χ4v) is 5.36. The van der Waals surface area contributed by atoms with E-state index in [1.54, 1.807) is 45.5 Å². The maximum absolute atomic E-state index is 13.1. The van der Waals surface area contributed by atoms with Crippen LogP contribution in [0.2, 0.25) is 0 Å². The number of aromatic nitrogens is 3. The van der Waals surface area contributed by atoms with E-state index in [2.05, 4.69) is 26.2 Å². The SMILES string of the molecule is COCCN(CCOC)C(=O)c1cc(S(=O)NC(=O)Nc2c(-c3ccnc(OC)c3)ccc3c2CCC3)nn1C. The number of carbonyl (C=O) groups excluding carboxylic acids is 2. The summed E-state index contributed by atoms with van der Waals surface area (Å²) in [6.07, 6.45) is 4.37. The molecule has 1 aromatic carbocycles. The van der Waals surface area contributed by atoms with Gasteiger partial charge >= 0.3 is 6.03 Å². The first kappa shape index (κ1) is 29.2. The number of benzene rings is 1. The number of fused-ring (bicyclic) bond motifs is 1. The molecule has 2 aromatic heterocycles. The molecule has 0 fully saturated rings. The number of nitrogens with one attached hydrogen (secondary N) is 2. The molecule has 0 bridgehead atoms. The number of hydrogen-bond acceptors (Lipinski definition) is 8. The smallest absolute Gasteiger partial charge is 0.331 e. The van der Waals surface area contributed by atoms with Crippen molar-refractivity contribution >= 4 is 28.6 Å². The zero-order valence-electron chi connectivity index (χ0n) is 23.1. The summed E-state index contributed by atoms with van der Waals surface area (Å²) in [6, 6.07) is 8.44. The minimum Gasteiger partial charge on any atom is -0.481 e. The highest BCUT2D eigenvalue weighted by atomic mass is 32.2. The quantitative estimate of drug-likeness (QED) is 0.339. The zero-order chi connectivity index (χ0) is 28.6. The van der Waals surface area contributed by atoms with Gasteiger partial charge in [0.1, 0.15) is 5.69 Å². The molecule has 13 heteroatoms. The topological polar surface area (TPSA) is 137 Å². The number of urea groups is 1. The summed E-state index contributed by atoms with van der Waals surface area (Å²) < 4.78 is 32.4. The molecular weight excluding hydrogens is 536 g/mol. The Hall–Kier alpha value is -3.81. The first-order chi connectivity index (χ1) is 19.4. The summed E-state index contributed by atoms with van der Waals surface area (Å²) >= 11 is 0. The van der Waals surface area contributed by atoms with Gasteiger partial charge in [-0.3, -0.25) is 14.2 Å². The van der Waals surface area contributed by atoms with Crippen molar-refractivity contribution in [3.05, 3.63) is 53.3 Å². The minimum absolute atomic E-state index is 0.0526. The molecule has 3 aromatic rings. The van der Waals surface area contributed by atoms with Gasteiger partial charge < -0.3 is 24.4 Å². The van der Waals surface area contributed by atoms with Gasteiger partial charge in [0.05, 0.1) is 26.0 Å². The Kier molecular flexibility index (Phi) is 9.85. The van der Waals surface area contributed by atoms with E-state index in [4.69, 9.17) is 14.2 Å². The number of carbonyl (C=O) groups is 2. The van der Waals surface area contributed by atoms with E-state index in [1.807, 2.05) is 12.1 Å². The molecule has 214 valence electrons. The van der Waals surface area contributed by atoms with Gasteiger partial charge in [-0.05, 0) is 42.0 Å². The number of pyridine rings is 1. The largest absolute Gasteiger partial charge is 0.481 e. The lowest BCUT2D eigenvalue weighted by Crippen LogP contribution is -2.37. The van der Waals surface area contributed by atoms with Crippen molar-refractivity contribution in [3.8, 4) is 17.0 Å². The van der Waals surface area contributed by atoms with Crippen molar-refractivity contribution in [1.82, 2.24) is 24.4 Å². The summed E-state index contributed by atoms with van der Waals surface area (Å²) in [7, 11) is 4.23. The van der Waals surface area contributed by atoms with Crippen LogP contribution in [-0.2, 0) is 40.3 Å². The molecule has 40 heavy (non-hydrogen) atoms. The molecule has 0 aliphatic heterocycles. The standard InChI is InChI=1S/C27H34N6O6S/c1-32-22(26(34)33(12-14-37-2)13-15-38-3)17-24(30-32)40(36)31-27(35)29-25-20-7-5-6-18(20)8-9-21(25)19-10-11-28-23(16-19)39-4/h8-11,16-17H,5-7,12-15H2,1-4H3,(H2,29,31,35). The van der Waals surface area contributed by atoms with Crippen LogP contribution >= 0.6 is 0 Å². The van der Waals surface area contributed by atoms with Crippen LogP contribution in [0.25, 0.3) is 11.1 Å². The molecule has 1 unspecified atom stereocenters. The lowest BCUT2D eigenvalue weighted by Gasteiger charge is -2.21. The predicted molar refractivity (Wildman–Crippen MR) is 150 cm³/mol. The number of methoxy groups -OCH3 is 3. The third kappa shape index (κ3) is 6.66. The van der Waals surface area contributed by atoms with Crippen LogP contribution in [-0.4, -0.2) is 83.4 Å². The van der Waals surface area contributed by atoms with Crippen molar-refractivity contribution in [2.45, 2.75) is 24.3 Å². The molecule has 0 radical (unpaired) electrons. The maximum Gasteiger partial charge on any atom is 0.331 e. The summed E-state index contributed by atoms with van der Waals surface area (Å²) in [5.74, 6) is 0.145. The van der Waals surface area contributed by atoms with Crippen LogP contribution in [0.15, 0.2) is 41.6 Å². The molecule has 0 spiro atoms. The summed E-state index contributed by atoms with van der Waals surface area (Å²) in [6.45, 7) is 1.42. The Morgan fingerprint density at radius 1 is 1.07 bits per heavy atom. The highest BCUT2D eigenvalue weighted by Crippen LogP contribution is 2.38. The van der Waals surface area contributed by atoms with E-state index in [0.717, 1.165) is 36.0 Å². The molecule has 1 aliphatic carbocycles. The van der Waals surface area contributed by atoms with Crippen molar-refractivity contribution in [1.29, 1.82) is 0 Å². The maximum atomic E-state index is 13.1. The van der Waals surface area contributed by atoms with Crippen LogP contribution in [0.3, 0.4) is 0 Å². The third-order valence-corrected chi connectivity index (χ3v) is 7.60. The van der Waals surface area contributed by atoms with Crippen LogP contribution in [0.1, 0.15) is 28.0 Å². The fraction of sp³-hybridized carbons (Fsp3) is 0.407. The lowest BCUT2D eigenvalue weighted by molar-refractivity contribution is 0.0617. The average molecular weight is 571 g/mol. The van der Waals surface area contributed by atoms with Crippen LogP contribution in [0.4, 0.5) is 10.5 Å². The van der Waals surface area contributed by atoms with Crippen LogP contribution in [0.5, 0.6) is 5.88 Å². The van der Waals surface area contributed by atoms with Gasteiger partial charge in [-0.1, -0.05) is 12.1 Å². The van der Waals surface area contributed by atoms with E-state index in [9.17, 15) is 13.8 Å². The number of aryl methyl sites for hydroxylation is 2. The van der Waals surface area contributed by atoms with E-state index < -0.39 is 17.0 Å². The summed E-state index contributed by atoms with van der Waals surface area (Å²) in [4.78, 5) is 32.0. The van der Waals surface area contributed by atoms with Gasteiger partial charge in [0.25, 0.3) is 5.91 Å². The van der Waals surface area contributed by atoms with Crippen molar-refractivity contribution in [2.75, 3.05) is 52.9 Å². The Morgan fingerprint density at radius 2 is 1.82 bits per heavy atom. The predicted octanol–water partition coefficient (Wildman–Crippen LogP) is 2.56. The molecule has 1 atom stereocenters. The van der Waals surface area contributed by atoms with Crippen molar-refractivity contribution in [2.24, 2.45) is 7.05 Å². The molecule has 0 saturated heterocycles. The van der Waals surface area contributed by atoms with Crippen LogP contribution < -0.4 is 14.8 Å². The monoisotopic (exact) mass is 570 g/mol. The van der Waals surface area contributed by atoms with E-state index in [0.29, 0.717) is 37.9 Å². The highest BCUT2D eigenvalue weighted by Gasteiger charge is 2.24. The highest BCUT2D eigenvalue weighted by molar-refractivity contribution is 7.83. The molecule has 2 heterocycles. The van der Waals surface area contributed by atoms with Crippen molar-refractivity contribution in [3.63, 3.8) is 0 Å². The number of hydrogen-bond donors (Lipinski definition) is 2. The second-order valence-electron chi connectivity index (χ2n) is 9.16. The molecule has 4 rings (SSSR count). The normalized spacial score (nSPS) is 13.0. The Morgan fingerprint density at radius 3 is 2.52 bits per heavy atom. The molecule has 1 aliphatic rings. The Labute approximate surface area is 235 Å². The van der Waals surface area contributed by atoms with Gasteiger partial charge in [-0.25, -0.2) is 14.0 Å². The fourth-order valence-electron chi connectivity index (χ4n) is 4.63. The first-order valence-corrected chi connectivity index (χ1v) is 14.0. The van der Waals surface area contributed by atoms with Gasteiger partial charge in [-0.15, -0.1) is 0 Å². The van der Waals surface area contributed by atoms with E-state index >= 15 is 0 Å². The molecule has 0 saturated carbocycles. The summed E-state index contributed by atoms with van der Waals surface area (Å²) in [5.41, 5.74) is 4.74. The number of amides is 3. The lowest BCUT2D eigenvalue weighted by atomic mass is 9.98. The molecule has 12 nitrogen and oxygen atoms in total.